The van der Waals surface area contributed by atoms with E-state index >= 15 is 0 Å². The number of rotatable bonds is 4. The molecule has 124 valence electrons. The largest absolute Gasteiger partial charge is 1.00 e. The number of carbonyl (C=O) groups is 2. The molecule has 1 aliphatic rings. The van der Waals surface area contributed by atoms with Gasteiger partial charge in [-0.15, -0.1) is 0 Å². The Morgan fingerprint density at radius 3 is 2.44 bits per heavy atom. The summed E-state index contributed by atoms with van der Waals surface area (Å²) >= 11 is 0. The second-order valence-corrected chi connectivity index (χ2v) is 4.66. The van der Waals surface area contributed by atoms with Crippen LogP contribution in [0.4, 0.5) is 10.5 Å². The van der Waals surface area contributed by atoms with Crippen LogP contribution in [0.2, 0.25) is 0 Å². The first-order valence-electron chi connectivity index (χ1n) is 6.53. The molecule has 0 bridgehead atoms. The second kappa shape index (κ2) is 8.53. The molecule has 0 unspecified atom stereocenters. The van der Waals surface area contributed by atoms with E-state index in [1.807, 2.05) is 0 Å². The van der Waals surface area contributed by atoms with Gasteiger partial charge in [-0.3, -0.25) is 20.2 Å². The summed E-state index contributed by atoms with van der Waals surface area (Å²) in [7, 11) is 0. The molecule has 25 heavy (non-hydrogen) atoms. The number of nitro groups is 1. The molecule has 11 heteroatoms. The summed E-state index contributed by atoms with van der Waals surface area (Å²) < 4.78 is 5.53. The van der Waals surface area contributed by atoms with Gasteiger partial charge in [0.05, 0.1) is 11.1 Å². The van der Waals surface area contributed by atoms with Crippen molar-refractivity contribution in [1.82, 2.24) is 10.3 Å². The minimum Gasteiger partial charge on any atom is -0.455 e. The summed E-state index contributed by atoms with van der Waals surface area (Å²) in [5, 5.41) is 17.6. The van der Waals surface area contributed by atoms with Crippen LogP contribution in [0.5, 0.6) is 0 Å². The minimum atomic E-state index is -0.589. The molecule has 1 aromatic carbocycles. The number of urea groups is 1. The summed E-state index contributed by atoms with van der Waals surface area (Å²) in [4.78, 5) is 32.5. The summed E-state index contributed by atoms with van der Waals surface area (Å²) in [6.45, 7) is -0.134. The van der Waals surface area contributed by atoms with E-state index in [0.717, 1.165) is 5.01 Å². The summed E-state index contributed by atoms with van der Waals surface area (Å²) in [5.41, 5.74) is 0.663. The van der Waals surface area contributed by atoms with Crippen molar-refractivity contribution in [3.8, 4) is 11.3 Å². The van der Waals surface area contributed by atoms with Gasteiger partial charge in [-0.1, -0.05) is 0 Å². The Hall–Kier alpha value is -2.53. The van der Waals surface area contributed by atoms with Crippen LogP contribution in [0.15, 0.2) is 45.9 Å². The van der Waals surface area contributed by atoms with Gasteiger partial charge in [-0.2, -0.15) is 5.10 Å². The Labute approximate surface area is 163 Å². The zero-order chi connectivity index (χ0) is 16.4. The summed E-state index contributed by atoms with van der Waals surface area (Å²) in [5.74, 6) is 0.465. The molecule has 2 aromatic rings. The van der Waals surface area contributed by atoms with Crippen LogP contribution in [0.25, 0.3) is 11.3 Å². The number of non-ortho nitro benzene ring substituents is 1. The summed E-state index contributed by atoms with van der Waals surface area (Å²) in [6, 6.07) is 8.63. The molecule has 0 atom stereocenters. The van der Waals surface area contributed by atoms with Gasteiger partial charge in [0.2, 0.25) is 5.91 Å². The number of nitro benzene ring substituents is 1. The molecule has 0 aliphatic carbocycles. The number of hydrogen-bond acceptors (Lipinski definition) is 6. The van der Waals surface area contributed by atoms with E-state index in [1.54, 1.807) is 24.3 Å². The SMILES string of the molecule is O.O=C1CN(/N=C/c2ccc(-c3ccc([N+](=O)[O-])cc3)o2)C(=O)N1.[Na+]. The molecule has 0 radical (unpaired) electrons. The predicted octanol–water partition coefficient (Wildman–Crippen LogP) is -2.08. The first-order valence-corrected chi connectivity index (χ1v) is 6.53. The van der Waals surface area contributed by atoms with Crippen molar-refractivity contribution in [2.45, 2.75) is 0 Å². The molecule has 1 aliphatic heterocycles. The number of carbonyl (C=O) groups excluding carboxylic acids is 2. The fourth-order valence-corrected chi connectivity index (χ4v) is 1.98. The fourth-order valence-electron chi connectivity index (χ4n) is 1.98. The van der Waals surface area contributed by atoms with E-state index in [9.17, 15) is 19.7 Å². The number of amides is 3. The molecule has 3 N–H and O–H groups in total. The molecular weight excluding hydrogens is 343 g/mol. The average Bonchev–Trinajstić information content (AvgIpc) is 3.11. The third-order valence-electron chi connectivity index (χ3n) is 3.09. The molecule has 1 fully saturated rings. The van der Waals surface area contributed by atoms with Gasteiger partial charge in [0.15, 0.2) is 0 Å². The van der Waals surface area contributed by atoms with Gasteiger partial charge in [0, 0.05) is 17.7 Å². The zero-order valence-electron chi connectivity index (χ0n) is 13.1. The fraction of sp³-hybridized carbons (Fsp3) is 0.0714. The molecule has 2 heterocycles. The molecule has 1 aromatic heterocycles. The van der Waals surface area contributed by atoms with Crippen molar-refractivity contribution in [2.75, 3.05) is 6.54 Å². The van der Waals surface area contributed by atoms with Crippen molar-refractivity contribution >= 4 is 23.8 Å². The zero-order valence-corrected chi connectivity index (χ0v) is 15.1. The number of nitrogens with one attached hydrogen (secondary N) is 1. The van der Waals surface area contributed by atoms with E-state index in [1.165, 1.54) is 18.3 Å². The Kier molecular flexibility index (Phi) is 7.00. The van der Waals surface area contributed by atoms with Crippen LogP contribution in [-0.2, 0) is 4.79 Å². The Morgan fingerprint density at radius 1 is 1.20 bits per heavy atom. The predicted molar refractivity (Wildman–Crippen MR) is 82.3 cm³/mol. The van der Waals surface area contributed by atoms with E-state index in [-0.39, 0.29) is 47.3 Å². The number of nitrogens with zero attached hydrogens (tertiary/aromatic N) is 3. The van der Waals surface area contributed by atoms with Crippen molar-refractivity contribution in [2.24, 2.45) is 5.10 Å². The van der Waals surface area contributed by atoms with Gasteiger partial charge in [-0.05, 0) is 24.3 Å². The van der Waals surface area contributed by atoms with Gasteiger partial charge < -0.3 is 9.89 Å². The monoisotopic (exact) mass is 355 g/mol. The van der Waals surface area contributed by atoms with E-state index in [4.69, 9.17) is 4.42 Å². The van der Waals surface area contributed by atoms with Crippen LogP contribution in [0.1, 0.15) is 5.76 Å². The molecule has 10 nitrogen and oxygen atoms in total. The standard InChI is InChI=1S/C14H10N4O5.Na.H2O/c19-13-8-17(14(20)16-13)15-7-11-5-6-12(23-11)9-1-3-10(4-2-9)18(21)22;;/h1-7H,8H2,(H,16,19,20);;1H2/q;+1;/b15-7+;;. The van der Waals surface area contributed by atoms with Gasteiger partial charge in [0.1, 0.15) is 18.1 Å². The van der Waals surface area contributed by atoms with Crippen LogP contribution < -0.4 is 34.9 Å². The molecule has 1 saturated heterocycles. The number of benzene rings is 1. The van der Waals surface area contributed by atoms with Crippen LogP contribution >= 0.6 is 0 Å². The van der Waals surface area contributed by atoms with E-state index in [2.05, 4.69) is 10.4 Å². The van der Waals surface area contributed by atoms with Crippen molar-refractivity contribution < 1.29 is 54.0 Å². The van der Waals surface area contributed by atoms with Crippen molar-refractivity contribution in [3.63, 3.8) is 0 Å². The Balaban J connectivity index is 0.00000156. The van der Waals surface area contributed by atoms with Gasteiger partial charge in [0.25, 0.3) is 5.69 Å². The minimum absolute atomic E-state index is 0. The van der Waals surface area contributed by atoms with Crippen LogP contribution in [-0.4, -0.2) is 40.1 Å². The third-order valence-corrected chi connectivity index (χ3v) is 3.09. The topological polar surface area (TPSA) is 150 Å². The number of furan rings is 1. The van der Waals surface area contributed by atoms with Crippen molar-refractivity contribution in [1.29, 1.82) is 0 Å². The van der Waals surface area contributed by atoms with Gasteiger partial charge >= 0.3 is 35.6 Å². The maximum atomic E-state index is 11.3. The normalized spacial score (nSPS) is 13.4. The third kappa shape index (κ3) is 4.73. The van der Waals surface area contributed by atoms with Gasteiger partial charge in [-0.25, -0.2) is 9.80 Å². The first-order chi connectivity index (χ1) is 11.0. The Morgan fingerprint density at radius 2 is 1.88 bits per heavy atom. The van der Waals surface area contributed by atoms with Crippen LogP contribution in [0, 0.1) is 10.1 Å². The molecule has 0 saturated carbocycles. The maximum Gasteiger partial charge on any atom is 1.00 e. The summed E-state index contributed by atoms with van der Waals surface area (Å²) in [6.07, 6.45) is 1.31. The molecule has 0 spiro atoms. The number of hydrazone groups is 1. The van der Waals surface area contributed by atoms with E-state index < -0.39 is 16.9 Å². The first kappa shape index (κ1) is 20.5. The number of imide groups is 1. The molecular formula is C14H12N4NaO6+. The number of hydrogen-bond donors (Lipinski definition) is 1. The average molecular weight is 355 g/mol. The van der Waals surface area contributed by atoms with Crippen molar-refractivity contribution in [3.05, 3.63) is 52.3 Å². The second-order valence-electron chi connectivity index (χ2n) is 4.66. The maximum absolute atomic E-state index is 11.3. The molecule has 3 amide bonds. The smallest absolute Gasteiger partial charge is 0.455 e. The Bertz CT molecular complexity index is 817. The van der Waals surface area contributed by atoms with Crippen LogP contribution in [0.3, 0.4) is 0 Å². The molecule has 3 rings (SSSR count). The van der Waals surface area contributed by atoms with E-state index in [0.29, 0.717) is 17.1 Å². The quantitative estimate of drug-likeness (QED) is 0.220.